The quantitative estimate of drug-likeness (QED) is 0.455. The lowest BCUT2D eigenvalue weighted by Crippen LogP contribution is -2.45. The van der Waals surface area contributed by atoms with Crippen LogP contribution in [-0.4, -0.2) is 45.0 Å². The molecule has 0 bridgehead atoms. The van der Waals surface area contributed by atoms with Gasteiger partial charge in [0.2, 0.25) is 0 Å². The van der Waals surface area contributed by atoms with E-state index in [1.54, 1.807) is 23.0 Å². The maximum atomic E-state index is 12.8. The van der Waals surface area contributed by atoms with Crippen molar-refractivity contribution in [1.29, 1.82) is 0 Å². The van der Waals surface area contributed by atoms with Crippen LogP contribution in [0.15, 0.2) is 54.7 Å². The molecule has 3 heterocycles. The van der Waals surface area contributed by atoms with Gasteiger partial charge >= 0.3 is 0 Å². The summed E-state index contributed by atoms with van der Waals surface area (Å²) < 4.78 is 14.6. The van der Waals surface area contributed by atoms with E-state index in [0.29, 0.717) is 11.1 Å². The van der Waals surface area contributed by atoms with E-state index in [2.05, 4.69) is 37.6 Å². The van der Waals surface area contributed by atoms with Crippen molar-refractivity contribution in [3.05, 3.63) is 70.9 Å². The van der Waals surface area contributed by atoms with Gasteiger partial charge in [0.15, 0.2) is 5.82 Å². The Kier molecular flexibility index (Phi) is 6.15. The highest BCUT2D eigenvalue weighted by Crippen LogP contribution is 2.32. The highest BCUT2D eigenvalue weighted by molar-refractivity contribution is 6.33. The van der Waals surface area contributed by atoms with Crippen LogP contribution in [-0.2, 0) is 13.7 Å². The molecular formula is C25H24ClFN6O. The molecule has 0 radical (unpaired) electrons. The minimum Gasteiger partial charge on any atom is -0.354 e. The predicted octanol–water partition coefficient (Wildman–Crippen LogP) is 4.55. The number of nitrogens with zero attached hydrogens (tertiary/aromatic N) is 5. The minimum absolute atomic E-state index is 0.0219. The Labute approximate surface area is 201 Å². The topological polar surface area (TPSA) is 75.9 Å². The van der Waals surface area contributed by atoms with Crippen molar-refractivity contribution in [3.63, 3.8) is 0 Å². The monoisotopic (exact) mass is 478 g/mol. The number of halogens is 2. The van der Waals surface area contributed by atoms with Crippen LogP contribution in [0.2, 0.25) is 5.02 Å². The first kappa shape index (κ1) is 22.3. The summed E-state index contributed by atoms with van der Waals surface area (Å²) in [5, 5.41) is 18.8. The molecule has 9 heteroatoms. The Hall–Kier alpha value is -3.52. The second kappa shape index (κ2) is 9.38. The van der Waals surface area contributed by atoms with Gasteiger partial charge in [0.05, 0.1) is 16.3 Å². The molecule has 0 unspecified atom stereocenters. The second-order valence-electron chi connectivity index (χ2n) is 8.44. The number of nitrogens with one attached hydrogen (secondary N) is 1. The highest BCUT2D eigenvalue weighted by Gasteiger charge is 2.25. The number of carbonyl (C=O) groups excluding carboxylic acids is 1. The Morgan fingerprint density at radius 2 is 1.88 bits per heavy atom. The smallest absolute Gasteiger partial charge is 0.253 e. The molecular weight excluding hydrogens is 455 g/mol. The van der Waals surface area contributed by atoms with Crippen LogP contribution in [0, 0.1) is 0 Å². The number of anilines is 1. The molecule has 1 aliphatic heterocycles. The molecule has 0 atom stereocenters. The Balaban J connectivity index is 1.31. The zero-order chi connectivity index (χ0) is 23.7. The lowest BCUT2D eigenvalue weighted by atomic mass is 10.0. The predicted molar refractivity (Wildman–Crippen MR) is 131 cm³/mol. The summed E-state index contributed by atoms with van der Waals surface area (Å²) in [5.41, 5.74) is 2.54. The molecule has 5 rings (SSSR count). The fourth-order valence-corrected chi connectivity index (χ4v) is 4.73. The maximum absolute atomic E-state index is 12.8. The molecule has 4 aromatic rings. The Morgan fingerprint density at radius 1 is 1.12 bits per heavy atom. The summed E-state index contributed by atoms with van der Waals surface area (Å²) in [6, 6.07) is 14.7. The van der Waals surface area contributed by atoms with E-state index >= 15 is 0 Å². The highest BCUT2D eigenvalue weighted by atomic mass is 35.5. The fourth-order valence-electron chi connectivity index (χ4n) is 4.44. The molecule has 1 N–H and O–H groups in total. The third-order valence-electron chi connectivity index (χ3n) is 6.29. The molecule has 1 fully saturated rings. The van der Waals surface area contributed by atoms with Crippen molar-refractivity contribution >= 4 is 34.1 Å². The first-order chi connectivity index (χ1) is 16.5. The number of aryl methyl sites for hydroxylation is 1. The summed E-state index contributed by atoms with van der Waals surface area (Å²) in [6.07, 6.45) is 3.29. The number of amides is 1. The third-order valence-corrected chi connectivity index (χ3v) is 6.61. The number of hydrogen-bond donors (Lipinski definition) is 1. The van der Waals surface area contributed by atoms with Crippen LogP contribution < -0.4 is 10.2 Å². The van der Waals surface area contributed by atoms with E-state index in [0.717, 1.165) is 53.9 Å². The summed E-state index contributed by atoms with van der Waals surface area (Å²) in [7, 11) is 1.89. The first-order valence-corrected chi connectivity index (χ1v) is 11.6. The summed E-state index contributed by atoms with van der Waals surface area (Å²) >= 11 is 6.18. The standard InChI is InChI=1S/C25H24ClFN6O/c1-32-22(8-11-28-32)23-18-4-2-3-5-19(18)24(31-30-23)33-12-9-17(10-13-33)29-25(34)20-7-6-16(15-27)14-21(20)26/h2-8,11,14,17H,9-10,12-13,15H2,1H3,(H,29,34). The average molecular weight is 479 g/mol. The van der Waals surface area contributed by atoms with Crippen molar-refractivity contribution in [3.8, 4) is 11.4 Å². The average Bonchev–Trinajstić information content (AvgIpc) is 3.29. The van der Waals surface area contributed by atoms with E-state index in [1.807, 2.05) is 25.2 Å². The fraction of sp³-hybridized carbons (Fsp3) is 0.280. The van der Waals surface area contributed by atoms with E-state index in [4.69, 9.17) is 11.6 Å². The zero-order valence-corrected chi connectivity index (χ0v) is 19.5. The first-order valence-electron chi connectivity index (χ1n) is 11.2. The van der Waals surface area contributed by atoms with Crippen LogP contribution in [0.4, 0.5) is 10.2 Å². The van der Waals surface area contributed by atoms with E-state index in [9.17, 15) is 9.18 Å². The number of carbonyl (C=O) groups is 1. The number of aromatic nitrogens is 4. The van der Waals surface area contributed by atoms with Gasteiger partial charge in [-0.15, -0.1) is 10.2 Å². The van der Waals surface area contributed by atoms with E-state index < -0.39 is 6.67 Å². The number of alkyl halides is 1. The van der Waals surface area contributed by atoms with Gasteiger partial charge in [0.1, 0.15) is 12.4 Å². The molecule has 1 amide bonds. The molecule has 2 aromatic heterocycles. The van der Waals surface area contributed by atoms with Crippen molar-refractivity contribution < 1.29 is 9.18 Å². The lowest BCUT2D eigenvalue weighted by Gasteiger charge is -2.33. The Bertz CT molecular complexity index is 1350. The van der Waals surface area contributed by atoms with Gasteiger partial charge in [0.25, 0.3) is 5.91 Å². The largest absolute Gasteiger partial charge is 0.354 e. The molecule has 1 saturated heterocycles. The molecule has 0 aliphatic carbocycles. The molecule has 1 aliphatic rings. The van der Waals surface area contributed by atoms with Gasteiger partial charge in [-0.3, -0.25) is 9.48 Å². The summed E-state index contributed by atoms with van der Waals surface area (Å²) in [4.78, 5) is 14.9. The van der Waals surface area contributed by atoms with Crippen LogP contribution in [0.1, 0.15) is 28.8 Å². The van der Waals surface area contributed by atoms with Crippen LogP contribution >= 0.6 is 11.6 Å². The van der Waals surface area contributed by atoms with Gasteiger partial charge < -0.3 is 10.2 Å². The normalized spacial score (nSPS) is 14.5. The van der Waals surface area contributed by atoms with Crippen molar-refractivity contribution in [2.45, 2.75) is 25.6 Å². The van der Waals surface area contributed by atoms with Gasteiger partial charge in [0, 0.05) is 43.1 Å². The molecule has 174 valence electrons. The van der Waals surface area contributed by atoms with E-state index in [-0.39, 0.29) is 17.0 Å². The van der Waals surface area contributed by atoms with Gasteiger partial charge in [-0.25, -0.2) is 4.39 Å². The minimum atomic E-state index is -0.610. The molecule has 0 spiro atoms. The van der Waals surface area contributed by atoms with Crippen LogP contribution in [0.5, 0.6) is 0 Å². The van der Waals surface area contributed by atoms with Crippen LogP contribution in [0.25, 0.3) is 22.2 Å². The number of hydrogen-bond acceptors (Lipinski definition) is 5. The Morgan fingerprint density at radius 3 is 2.56 bits per heavy atom. The maximum Gasteiger partial charge on any atom is 0.253 e. The molecule has 34 heavy (non-hydrogen) atoms. The number of fused-ring (bicyclic) bond motifs is 1. The number of benzene rings is 2. The SMILES string of the molecule is Cn1nccc1-c1nnc(N2CCC(NC(=O)c3ccc(CF)cc3Cl)CC2)c2ccccc12. The number of rotatable bonds is 5. The van der Waals surface area contributed by atoms with E-state index in [1.165, 1.54) is 6.07 Å². The van der Waals surface area contributed by atoms with Gasteiger partial charge in [-0.1, -0.05) is 41.9 Å². The summed E-state index contributed by atoms with van der Waals surface area (Å²) in [5.74, 6) is 0.607. The van der Waals surface area contributed by atoms with Gasteiger partial charge in [-0.2, -0.15) is 5.10 Å². The molecule has 7 nitrogen and oxygen atoms in total. The molecule has 2 aromatic carbocycles. The van der Waals surface area contributed by atoms with Crippen molar-refractivity contribution in [2.75, 3.05) is 18.0 Å². The second-order valence-corrected chi connectivity index (χ2v) is 8.85. The third kappa shape index (κ3) is 4.21. The molecule has 0 saturated carbocycles. The zero-order valence-electron chi connectivity index (χ0n) is 18.7. The lowest BCUT2D eigenvalue weighted by molar-refractivity contribution is 0.0931. The van der Waals surface area contributed by atoms with Gasteiger partial charge in [-0.05, 0) is 36.6 Å². The summed E-state index contributed by atoms with van der Waals surface area (Å²) in [6.45, 7) is 0.868. The van der Waals surface area contributed by atoms with Crippen molar-refractivity contribution in [2.24, 2.45) is 7.05 Å². The van der Waals surface area contributed by atoms with Crippen LogP contribution in [0.3, 0.4) is 0 Å². The number of piperidine rings is 1. The van der Waals surface area contributed by atoms with Crippen molar-refractivity contribution in [1.82, 2.24) is 25.3 Å².